The Morgan fingerprint density at radius 1 is 1.14 bits per heavy atom. The normalized spacial score (nSPS) is 22.8. The van der Waals surface area contributed by atoms with Crippen LogP contribution in [0.2, 0.25) is 0 Å². The van der Waals surface area contributed by atoms with Crippen molar-refractivity contribution in [1.29, 1.82) is 0 Å². The molecule has 1 saturated carbocycles. The monoisotopic (exact) mass is 285 g/mol. The SMILES string of the molecule is CC(C)N[C@H]1CC[C@H](c2n[nH]c(=O)c3ccccc32)CC1. The second-order valence-electron chi connectivity index (χ2n) is 6.35. The molecule has 2 aromatic rings. The van der Waals surface area contributed by atoms with Crippen LogP contribution in [0.5, 0.6) is 0 Å². The van der Waals surface area contributed by atoms with Gasteiger partial charge in [-0.3, -0.25) is 4.79 Å². The van der Waals surface area contributed by atoms with Crippen LogP contribution in [0.3, 0.4) is 0 Å². The standard InChI is InChI=1S/C17H23N3O/c1-11(2)18-13-9-7-12(8-10-13)16-14-5-3-4-6-15(14)17(21)20-19-16/h3-6,11-13,18H,7-10H2,1-2H3,(H,20,21)/t12-,13-. The number of hydrogen-bond donors (Lipinski definition) is 2. The van der Waals surface area contributed by atoms with E-state index in [0.717, 1.165) is 29.3 Å². The van der Waals surface area contributed by atoms with Crippen molar-refractivity contribution in [2.24, 2.45) is 0 Å². The number of H-pyrrole nitrogens is 1. The van der Waals surface area contributed by atoms with E-state index in [4.69, 9.17) is 0 Å². The first-order chi connectivity index (χ1) is 10.1. The van der Waals surface area contributed by atoms with E-state index >= 15 is 0 Å². The third-order valence-electron chi connectivity index (χ3n) is 4.41. The molecule has 0 radical (unpaired) electrons. The molecule has 0 amide bonds. The van der Waals surface area contributed by atoms with Gasteiger partial charge in [0.25, 0.3) is 5.56 Å². The zero-order valence-electron chi connectivity index (χ0n) is 12.7. The first kappa shape index (κ1) is 14.3. The number of hydrogen-bond acceptors (Lipinski definition) is 3. The Balaban J connectivity index is 1.83. The van der Waals surface area contributed by atoms with Crippen molar-refractivity contribution in [3.05, 3.63) is 40.3 Å². The molecule has 0 saturated heterocycles. The fourth-order valence-electron chi connectivity index (χ4n) is 3.45. The molecule has 1 heterocycles. The van der Waals surface area contributed by atoms with E-state index in [2.05, 4.69) is 29.4 Å². The molecule has 0 bridgehead atoms. The lowest BCUT2D eigenvalue weighted by molar-refractivity contribution is 0.323. The fourth-order valence-corrected chi connectivity index (χ4v) is 3.45. The Morgan fingerprint density at radius 2 is 1.81 bits per heavy atom. The van der Waals surface area contributed by atoms with Gasteiger partial charge in [-0.15, -0.1) is 0 Å². The highest BCUT2D eigenvalue weighted by atomic mass is 16.1. The average Bonchev–Trinajstić information content (AvgIpc) is 2.48. The van der Waals surface area contributed by atoms with Crippen molar-refractivity contribution in [2.45, 2.75) is 57.5 Å². The van der Waals surface area contributed by atoms with Gasteiger partial charge in [-0.2, -0.15) is 5.10 Å². The lowest BCUT2D eigenvalue weighted by atomic mass is 9.82. The summed E-state index contributed by atoms with van der Waals surface area (Å²) in [6, 6.07) is 8.95. The zero-order valence-corrected chi connectivity index (χ0v) is 12.7. The van der Waals surface area contributed by atoms with Crippen LogP contribution < -0.4 is 10.9 Å². The minimum Gasteiger partial charge on any atom is -0.312 e. The molecule has 21 heavy (non-hydrogen) atoms. The molecule has 0 atom stereocenters. The summed E-state index contributed by atoms with van der Waals surface area (Å²) in [5.74, 6) is 0.456. The van der Waals surface area contributed by atoms with Crippen LogP contribution in [0, 0.1) is 0 Å². The fraction of sp³-hybridized carbons (Fsp3) is 0.529. The van der Waals surface area contributed by atoms with Crippen LogP contribution in [0.25, 0.3) is 10.8 Å². The van der Waals surface area contributed by atoms with Crippen LogP contribution in [0.1, 0.15) is 51.1 Å². The Labute approximate surface area is 125 Å². The molecule has 1 aromatic heterocycles. The number of benzene rings is 1. The molecule has 1 aliphatic rings. The van der Waals surface area contributed by atoms with Gasteiger partial charge in [-0.05, 0) is 31.7 Å². The van der Waals surface area contributed by atoms with Crippen molar-refractivity contribution < 1.29 is 0 Å². The van der Waals surface area contributed by atoms with Crippen molar-refractivity contribution in [3.63, 3.8) is 0 Å². The van der Waals surface area contributed by atoms with E-state index in [0.29, 0.717) is 18.0 Å². The summed E-state index contributed by atoms with van der Waals surface area (Å²) in [4.78, 5) is 11.9. The van der Waals surface area contributed by atoms with Crippen molar-refractivity contribution >= 4 is 10.8 Å². The molecule has 0 aliphatic heterocycles. The van der Waals surface area contributed by atoms with Crippen LogP contribution in [0.15, 0.2) is 29.1 Å². The lowest BCUT2D eigenvalue weighted by Crippen LogP contribution is -2.37. The second-order valence-corrected chi connectivity index (χ2v) is 6.35. The maximum atomic E-state index is 11.9. The number of fused-ring (bicyclic) bond motifs is 1. The summed E-state index contributed by atoms with van der Waals surface area (Å²) in [6.07, 6.45) is 4.62. The minimum atomic E-state index is -0.0930. The highest BCUT2D eigenvalue weighted by Crippen LogP contribution is 2.34. The zero-order chi connectivity index (χ0) is 14.8. The molecule has 1 aliphatic carbocycles. The van der Waals surface area contributed by atoms with Gasteiger partial charge in [0.2, 0.25) is 0 Å². The van der Waals surface area contributed by atoms with Crippen LogP contribution in [-0.4, -0.2) is 22.3 Å². The molecule has 0 unspecified atom stereocenters. The Kier molecular flexibility index (Phi) is 4.06. The average molecular weight is 285 g/mol. The van der Waals surface area contributed by atoms with Gasteiger partial charge in [-0.1, -0.05) is 32.0 Å². The summed E-state index contributed by atoms with van der Waals surface area (Å²) in [7, 11) is 0. The summed E-state index contributed by atoms with van der Waals surface area (Å²) < 4.78 is 0. The number of nitrogens with zero attached hydrogens (tertiary/aromatic N) is 1. The summed E-state index contributed by atoms with van der Waals surface area (Å²) >= 11 is 0. The summed E-state index contributed by atoms with van der Waals surface area (Å²) in [5.41, 5.74) is 0.970. The maximum Gasteiger partial charge on any atom is 0.272 e. The van der Waals surface area contributed by atoms with Crippen molar-refractivity contribution in [3.8, 4) is 0 Å². The van der Waals surface area contributed by atoms with Crippen LogP contribution in [-0.2, 0) is 0 Å². The van der Waals surface area contributed by atoms with Crippen molar-refractivity contribution in [1.82, 2.24) is 15.5 Å². The summed E-state index contributed by atoms with van der Waals surface area (Å²) in [6.45, 7) is 4.40. The molecule has 1 fully saturated rings. The molecule has 3 rings (SSSR count). The Morgan fingerprint density at radius 3 is 2.48 bits per heavy atom. The number of aromatic amines is 1. The molecule has 4 heteroatoms. The van der Waals surface area contributed by atoms with Gasteiger partial charge >= 0.3 is 0 Å². The number of rotatable bonds is 3. The molecule has 4 nitrogen and oxygen atoms in total. The van der Waals surface area contributed by atoms with Gasteiger partial charge < -0.3 is 5.32 Å². The Hall–Kier alpha value is -1.68. The highest BCUT2D eigenvalue weighted by Gasteiger charge is 2.25. The molecule has 1 aromatic carbocycles. The second kappa shape index (κ2) is 5.98. The van der Waals surface area contributed by atoms with E-state index in [1.165, 1.54) is 12.8 Å². The molecule has 0 spiro atoms. The smallest absolute Gasteiger partial charge is 0.272 e. The van der Waals surface area contributed by atoms with Gasteiger partial charge in [-0.25, -0.2) is 5.10 Å². The van der Waals surface area contributed by atoms with Gasteiger partial charge in [0, 0.05) is 23.4 Å². The van der Waals surface area contributed by atoms with Crippen LogP contribution >= 0.6 is 0 Å². The Bertz CT molecular complexity index is 669. The highest BCUT2D eigenvalue weighted by molar-refractivity contribution is 5.83. The van der Waals surface area contributed by atoms with Crippen molar-refractivity contribution in [2.75, 3.05) is 0 Å². The molecule has 2 N–H and O–H groups in total. The van der Waals surface area contributed by atoms with Crippen LogP contribution in [0.4, 0.5) is 0 Å². The number of aromatic nitrogens is 2. The minimum absolute atomic E-state index is 0.0930. The maximum absolute atomic E-state index is 11.9. The van der Waals surface area contributed by atoms with E-state index < -0.39 is 0 Å². The van der Waals surface area contributed by atoms with E-state index in [9.17, 15) is 4.79 Å². The van der Waals surface area contributed by atoms with Gasteiger partial charge in [0.05, 0.1) is 11.1 Å². The molecular weight excluding hydrogens is 262 g/mol. The first-order valence-electron chi connectivity index (χ1n) is 7.88. The predicted molar refractivity (Wildman–Crippen MR) is 85.6 cm³/mol. The first-order valence-corrected chi connectivity index (χ1v) is 7.88. The van der Waals surface area contributed by atoms with E-state index in [1.807, 2.05) is 24.3 Å². The largest absolute Gasteiger partial charge is 0.312 e. The third-order valence-corrected chi connectivity index (χ3v) is 4.41. The van der Waals surface area contributed by atoms with E-state index in [-0.39, 0.29) is 5.56 Å². The van der Waals surface area contributed by atoms with E-state index in [1.54, 1.807) is 0 Å². The third kappa shape index (κ3) is 3.00. The quantitative estimate of drug-likeness (QED) is 0.911. The number of nitrogens with one attached hydrogen (secondary N) is 2. The van der Waals surface area contributed by atoms with Gasteiger partial charge in [0.15, 0.2) is 0 Å². The topological polar surface area (TPSA) is 57.8 Å². The van der Waals surface area contributed by atoms with Gasteiger partial charge in [0.1, 0.15) is 0 Å². The lowest BCUT2D eigenvalue weighted by Gasteiger charge is -2.30. The predicted octanol–water partition coefficient (Wildman–Crippen LogP) is 2.95. The molecule has 112 valence electrons. The summed E-state index contributed by atoms with van der Waals surface area (Å²) in [5, 5.41) is 12.4. The molecular formula is C17H23N3O.